The number of benzene rings is 1. The maximum atomic E-state index is 13.2. The molecule has 0 saturated carbocycles. The van der Waals surface area contributed by atoms with Crippen LogP contribution in [0.5, 0.6) is 0 Å². The molecule has 6 nitrogen and oxygen atoms in total. The van der Waals surface area contributed by atoms with Crippen LogP contribution in [0, 0.1) is 5.82 Å². The van der Waals surface area contributed by atoms with Gasteiger partial charge in [0.2, 0.25) is 0 Å². The van der Waals surface area contributed by atoms with E-state index in [4.69, 9.17) is 11.5 Å². The van der Waals surface area contributed by atoms with Gasteiger partial charge in [0.25, 0.3) is 5.91 Å². The van der Waals surface area contributed by atoms with Crippen LogP contribution in [0.25, 0.3) is 0 Å². The van der Waals surface area contributed by atoms with Crippen molar-refractivity contribution in [2.24, 2.45) is 12.8 Å². The van der Waals surface area contributed by atoms with Gasteiger partial charge in [-0.2, -0.15) is 5.10 Å². The molecule has 1 aromatic carbocycles. The van der Waals surface area contributed by atoms with Crippen molar-refractivity contribution in [1.82, 2.24) is 15.1 Å². The van der Waals surface area contributed by atoms with Crippen molar-refractivity contribution >= 4 is 11.7 Å². The Labute approximate surface area is 152 Å². The number of nitrogen functional groups attached to an aromatic ring is 1. The number of aryl methyl sites for hydroxylation is 2. The molecule has 0 radical (unpaired) electrons. The van der Waals surface area contributed by atoms with Gasteiger partial charge in [-0.1, -0.05) is 6.07 Å². The third-order valence-corrected chi connectivity index (χ3v) is 5.11. The van der Waals surface area contributed by atoms with Crippen LogP contribution in [0.15, 0.2) is 18.2 Å². The molecule has 5 N–H and O–H groups in total. The summed E-state index contributed by atoms with van der Waals surface area (Å²) in [6.45, 7) is 2.50. The Kier molecular flexibility index (Phi) is 5.56. The number of amides is 1. The molecule has 1 aliphatic carbocycles. The highest BCUT2D eigenvalue weighted by Gasteiger charge is 2.28. The number of rotatable bonds is 2. The fourth-order valence-electron chi connectivity index (χ4n) is 3.68. The van der Waals surface area contributed by atoms with Crippen molar-refractivity contribution in [2.45, 2.75) is 38.0 Å². The molecule has 1 aliphatic heterocycles. The van der Waals surface area contributed by atoms with Gasteiger partial charge < -0.3 is 16.8 Å². The van der Waals surface area contributed by atoms with Crippen LogP contribution in [-0.4, -0.2) is 28.8 Å². The fraction of sp³-hybridized carbons (Fsp3) is 0.474. The van der Waals surface area contributed by atoms with E-state index in [9.17, 15) is 9.18 Å². The number of hydrogen-bond donors (Lipinski definition) is 3. The summed E-state index contributed by atoms with van der Waals surface area (Å²) in [6, 6.07) is 4.84. The summed E-state index contributed by atoms with van der Waals surface area (Å²) in [4.78, 5) is 11.6. The van der Waals surface area contributed by atoms with Crippen LogP contribution in [0.1, 0.15) is 52.4 Å². The predicted octanol–water partition coefficient (Wildman–Crippen LogP) is 1.88. The standard InChI is InChI=1S/C15H17FN4O.C4H9N/c1-20-14(17)12(15(18)21)13(19-20)10-3-2-9-7-11(16)5-4-8(9)6-10;1-2-4-5-3-1/h4-5,7,10H,2-3,6,17H2,1H3,(H2,18,21);5H,1-4H2. The van der Waals surface area contributed by atoms with Crippen molar-refractivity contribution in [2.75, 3.05) is 18.8 Å². The topological polar surface area (TPSA) is 99.0 Å². The Balaban J connectivity index is 0.000000339. The zero-order valence-corrected chi connectivity index (χ0v) is 15.1. The highest BCUT2D eigenvalue weighted by Crippen LogP contribution is 2.35. The number of fused-ring (bicyclic) bond motifs is 1. The first-order chi connectivity index (χ1) is 12.5. The van der Waals surface area contributed by atoms with Crippen molar-refractivity contribution in [1.29, 1.82) is 0 Å². The van der Waals surface area contributed by atoms with Crippen molar-refractivity contribution in [3.05, 3.63) is 46.4 Å². The lowest BCUT2D eigenvalue weighted by atomic mass is 9.81. The minimum absolute atomic E-state index is 0.0777. The van der Waals surface area contributed by atoms with E-state index in [1.807, 2.05) is 0 Å². The van der Waals surface area contributed by atoms with Crippen LogP contribution in [0.3, 0.4) is 0 Å². The Morgan fingerprint density at radius 2 is 2.04 bits per heavy atom. The molecule has 1 unspecified atom stereocenters. The number of halogens is 1. The fourth-order valence-corrected chi connectivity index (χ4v) is 3.68. The number of aromatic nitrogens is 2. The molecule has 7 heteroatoms. The first kappa shape index (κ1) is 18.4. The number of primary amides is 1. The molecule has 2 aromatic rings. The number of carbonyl (C=O) groups excluding carboxylic acids is 1. The molecule has 1 aromatic heterocycles. The Hall–Kier alpha value is -2.41. The Morgan fingerprint density at radius 1 is 1.31 bits per heavy atom. The molecule has 4 rings (SSSR count). The van der Waals surface area contributed by atoms with Gasteiger partial charge in [-0.3, -0.25) is 9.48 Å². The number of nitrogens with one attached hydrogen (secondary N) is 1. The minimum Gasteiger partial charge on any atom is -0.383 e. The van der Waals surface area contributed by atoms with Gasteiger partial charge in [0.05, 0.1) is 5.69 Å². The lowest BCUT2D eigenvalue weighted by Crippen LogP contribution is -2.19. The number of hydrogen-bond acceptors (Lipinski definition) is 4. The van der Waals surface area contributed by atoms with Crippen molar-refractivity contribution in [3.8, 4) is 0 Å². The SMILES string of the molecule is C1CCNC1.Cn1nc(C2CCc3cc(F)ccc3C2)c(C(N)=O)c1N. The minimum atomic E-state index is -0.555. The van der Waals surface area contributed by atoms with Gasteiger partial charge in [-0.15, -0.1) is 0 Å². The number of nitrogens with two attached hydrogens (primary N) is 2. The molecular formula is C19H26FN5O. The summed E-state index contributed by atoms with van der Waals surface area (Å²) in [5.41, 5.74) is 14.4. The second kappa shape index (κ2) is 7.86. The second-order valence-electron chi connectivity index (χ2n) is 6.94. The van der Waals surface area contributed by atoms with Gasteiger partial charge in [0, 0.05) is 13.0 Å². The number of nitrogens with zero attached hydrogens (tertiary/aromatic N) is 2. The summed E-state index contributed by atoms with van der Waals surface area (Å²) in [7, 11) is 1.69. The summed E-state index contributed by atoms with van der Waals surface area (Å²) in [6.07, 6.45) is 5.05. The molecule has 140 valence electrons. The summed E-state index contributed by atoms with van der Waals surface area (Å²) in [5, 5.41) is 7.58. The normalized spacial score (nSPS) is 18.8. The summed E-state index contributed by atoms with van der Waals surface area (Å²) in [5.74, 6) is -0.399. The van der Waals surface area contributed by atoms with E-state index in [1.54, 1.807) is 19.2 Å². The van der Waals surface area contributed by atoms with Crippen LogP contribution in [0.2, 0.25) is 0 Å². The van der Waals surface area contributed by atoms with Crippen LogP contribution in [0.4, 0.5) is 10.2 Å². The molecule has 0 bridgehead atoms. The van der Waals surface area contributed by atoms with Gasteiger partial charge in [0.1, 0.15) is 17.2 Å². The van der Waals surface area contributed by atoms with Gasteiger partial charge in [0.15, 0.2) is 0 Å². The smallest absolute Gasteiger partial charge is 0.254 e. The van der Waals surface area contributed by atoms with E-state index in [2.05, 4.69) is 10.4 Å². The van der Waals surface area contributed by atoms with Crippen LogP contribution >= 0.6 is 0 Å². The quantitative estimate of drug-likeness (QED) is 0.762. The highest BCUT2D eigenvalue weighted by molar-refractivity contribution is 5.98. The largest absolute Gasteiger partial charge is 0.383 e. The second-order valence-corrected chi connectivity index (χ2v) is 6.94. The highest BCUT2D eigenvalue weighted by atomic mass is 19.1. The lowest BCUT2D eigenvalue weighted by Gasteiger charge is -2.23. The first-order valence-electron chi connectivity index (χ1n) is 9.07. The average molecular weight is 359 g/mol. The van der Waals surface area contributed by atoms with E-state index >= 15 is 0 Å². The van der Waals surface area contributed by atoms with Gasteiger partial charge >= 0.3 is 0 Å². The molecule has 1 atom stereocenters. The van der Waals surface area contributed by atoms with Crippen molar-refractivity contribution < 1.29 is 9.18 Å². The summed E-state index contributed by atoms with van der Waals surface area (Å²) >= 11 is 0. The molecule has 26 heavy (non-hydrogen) atoms. The maximum Gasteiger partial charge on any atom is 0.254 e. The van der Waals surface area contributed by atoms with Crippen LogP contribution in [-0.2, 0) is 19.9 Å². The third kappa shape index (κ3) is 3.88. The summed E-state index contributed by atoms with van der Waals surface area (Å²) < 4.78 is 14.7. The lowest BCUT2D eigenvalue weighted by molar-refractivity contribution is 0.0999. The molecular weight excluding hydrogens is 333 g/mol. The number of carbonyl (C=O) groups is 1. The van der Waals surface area contributed by atoms with Crippen molar-refractivity contribution in [3.63, 3.8) is 0 Å². The molecule has 2 heterocycles. The van der Waals surface area contributed by atoms with Gasteiger partial charge in [-0.25, -0.2) is 4.39 Å². The predicted molar refractivity (Wildman–Crippen MR) is 99.4 cm³/mol. The Morgan fingerprint density at radius 3 is 2.65 bits per heavy atom. The monoisotopic (exact) mass is 359 g/mol. The maximum absolute atomic E-state index is 13.2. The molecule has 1 amide bonds. The van der Waals surface area contributed by atoms with Gasteiger partial charge in [-0.05, 0) is 68.5 Å². The van der Waals surface area contributed by atoms with E-state index in [1.165, 1.54) is 36.7 Å². The zero-order valence-electron chi connectivity index (χ0n) is 15.1. The molecule has 1 fully saturated rings. The number of anilines is 1. The van der Waals surface area contributed by atoms with Crippen LogP contribution < -0.4 is 16.8 Å². The Bertz CT molecular complexity index is 790. The first-order valence-corrected chi connectivity index (χ1v) is 9.07. The van der Waals surface area contributed by atoms with E-state index < -0.39 is 5.91 Å². The van der Waals surface area contributed by atoms with E-state index in [0.29, 0.717) is 23.5 Å². The molecule has 2 aliphatic rings. The molecule has 0 spiro atoms. The average Bonchev–Trinajstić information content (AvgIpc) is 3.27. The van der Waals surface area contributed by atoms with E-state index in [0.717, 1.165) is 24.0 Å². The zero-order chi connectivity index (χ0) is 18.7. The third-order valence-electron chi connectivity index (χ3n) is 5.11. The van der Waals surface area contributed by atoms with E-state index in [-0.39, 0.29) is 11.7 Å². The molecule has 1 saturated heterocycles.